The number of ether oxygens (including phenoxy) is 3. The molecule has 11 heteroatoms. The topological polar surface area (TPSA) is 107 Å². The monoisotopic (exact) mass is 463 g/mol. The number of carbonyl (C=O) groups excluding carboxylic acids is 1. The summed E-state index contributed by atoms with van der Waals surface area (Å²) in [6, 6.07) is 9.65. The number of sulfonamides is 1. The molecule has 2 aromatic carbocycles. The van der Waals surface area contributed by atoms with Crippen LogP contribution in [-0.2, 0) is 14.8 Å². The van der Waals surface area contributed by atoms with E-state index in [1.807, 2.05) is 0 Å². The number of rotatable bonds is 6. The van der Waals surface area contributed by atoms with Gasteiger partial charge in [0.2, 0.25) is 10.0 Å². The molecule has 1 aliphatic rings. The zero-order chi connectivity index (χ0) is 22.0. The van der Waals surface area contributed by atoms with E-state index in [0.717, 1.165) is 0 Å². The number of fused-ring (bicyclic) bond motifs is 1. The molecule has 4 rings (SSSR count). The standard InChI is InChI=1S/C20H21N3O6S2/c1-27-13-3-5-15(17(11-13)28-2)19(24)22-20-21-16-6-4-14(12-18(16)30-20)31(25,26)23-7-9-29-10-8-23/h3-6,11-12H,7-10H2,1-2H3,(H,21,22,24). The second kappa shape index (κ2) is 8.79. The van der Waals surface area contributed by atoms with E-state index in [4.69, 9.17) is 14.2 Å². The molecule has 0 saturated carbocycles. The van der Waals surface area contributed by atoms with Crippen LogP contribution in [0.25, 0.3) is 10.2 Å². The second-order valence-corrected chi connectivity index (χ2v) is 9.65. The zero-order valence-corrected chi connectivity index (χ0v) is 18.6. The fraction of sp³-hybridized carbons (Fsp3) is 0.300. The van der Waals surface area contributed by atoms with Gasteiger partial charge in [-0.2, -0.15) is 4.31 Å². The van der Waals surface area contributed by atoms with Gasteiger partial charge in [-0.1, -0.05) is 11.3 Å². The van der Waals surface area contributed by atoms with Crippen molar-refractivity contribution in [3.63, 3.8) is 0 Å². The molecule has 0 unspecified atom stereocenters. The molecule has 0 bridgehead atoms. The van der Waals surface area contributed by atoms with E-state index in [1.165, 1.54) is 35.9 Å². The Kier molecular flexibility index (Phi) is 6.10. The van der Waals surface area contributed by atoms with Crippen LogP contribution in [0.4, 0.5) is 5.13 Å². The highest BCUT2D eigenvalue weighted by Crippen LogP contribution is 2.31. The summed E-state index contributed by atoms with van der Waals surface area (Å²) in [6.07, 6.45) is 0. The van der Waals surface area contributed by atoms with E-state index >= 15 is 0 Å². The number of hydrogen-bond acceptors (Lipinski definition) is 8. The summed E-state index contributed by atoms with van der Waals surface area (Å²) in [5, 5.41) is 3.11. The van der Waals surface area contributed by atoms with Crippen molar-refractivity contribution in [3.8, 4) is 11.5 Å². The number of aromatic nitrogens is 1. The first-order valence-electron chi connectivity index (χ1n) is 9.44. The van der Waals surface area contributed by atoms with Crippen molar-refractivity contribution in [1.29, 1.82) is 0 Å². The summed E-state index contributed by atoms with van der Waals surface area (Å²) >= 11 is 1.20. The first kappa shape index (κ1) is 21.5. The number of anilines is 1. The van der Waals surface area contributed by atoms with Gasteiger partial charge in [-0.25, -0.2) is 13.4 Å². The minimum absolute atomic E-state index is 0.195. The molecule has 0 radical (unpaired) electrons. The Bertz CT molecular complexity index is 1220. The van der Waals surface area contributed by atoms with Gasteiger partial charge in [0.05, 0.1) is 48.1 Å². The number of amides is 1. The molecule has 1 amide bonds. The summed E-state index contributed by atoms with van der Waals surface area (Å²) in [4.78, 5) is 17.3. The zero-order valence-electron chi connectivity index (χ0n) is 17.0. The van der Waals surface area contributed by atoms with E-state index < -0.39 is 10.0 Å². The Morgan fingerprint density at radius 3 is 2.61 bits per heavy atom. The van der Waals surface area contributed by atoms with Gasteiger partial charge in [0.15, 0.2) is 5.13 Å². The van der Waals surface area contributed by atoms with Gasteiger partial charge in [-0.05, 0) is 30.3 Å². The number of nitrogens with zero attached hydrogens (tertiary/aromatic N) is 2. The normalized spacial score (nSPS) is 15.0. The average Bonchev–Trinajstić information content (AvgIpc) is 3.20. The second-order valence-electron chi connectivity index (χ2n) is 6.69. The van der Waals surface area contributed by atoms with Crippen molar-refractivity contribution >= 4 is 42.6 Å². The number of benzene rings is 2. The van der Waals surface area contributed by atoms with E-state index in [-0.39, 0.29) is 10.8 Å². The molecule has 9 nitrogen and oxygen atoms in total. The average molecular weight is 464 g/mol. The molecule has 1 N–H and O–H groups in total. The lowest BCUT2D eigenvalue weighted by Crippen LogP contribution is -2.40. The number of morpholine rings is 1. The molecule has 3 aromatic rings. The summed E-state index contributed by atoms with van der Waals surface area (Å²) in [6.45, 7) is 1.42. The first-order valence-corrected chi connectivity index (χ1v) is 11.7. The quantitative estimate of drug-likeness (QED) is 0.599. The van der Waals surface area contributed by atoms with Gasteiger partial charge in [0.1, 0.15) is 11.5 Å². The lowest BCUT2D eigenvalue weighted by atomic mass is 10.2. The first-order chi connectivity index (χ1) is 14.9. The van der Waals surface area contributed by atoms with Crippen molar-refractivity contribution in [2.45, 2.75) is 4.90 Å². The summed E-state index contributed by atoms with van der Waals surface area (Å²) < 4.78 is 43.5. The lowest BCUT2D eigenvalue weighted by molar-refractivity contribution is 0.0730. The van der Waals surface area contributed by atoms with Gasteiger partial charge in [0.25, 0.3) is 5.91 Å². The molecule has 0 atom stereocenters. The minimum atomic E-state index is -3.61. The summed E-state index contributed by atoms with van der Waals surface area (Å²) in [5.41, 5.74) is 0.932. The highest BCUT2D eigenvalue weighted by Gasteiger charge is 2.27. The van der Waals surface area contributed by atoms with Gasteiger partial charge >= 0.3 is 0 Å². The Hall–Kier alpha value is -2.73. The molecule has 0 spiro atoms. The maximum Gasteiger partial charge on any atom is 0.261 e. The largest absolute Gasteiger partial charge is 0.497 e. The molecule has 1 saturated heterocycles. The Morgan fingerprint density at radius 1 is 1.13 bits per heavy atom. The fourth-order valence-corrected chi connectivity index (χ4v) is 5.61. The third-order valence-corrected chi connectivity index (χ3v) is 7.67. The minimum Gasteiger partial charge on any atom is -0.497 e. The smallest absolute Gasteiger partial charge is 0.261 e. The number of methoxy groups -OCH3 is 2. The Labute approximate surface area is 183 Å². The summed E-state index contributed by atoms with van der Waals surface area (Å²) in [5.74, 6) is 0.555. The predicted molar refractivity (Wildman–Crippen MR) is 117 cm³/mol. The number of nitrogens with one attached hydrogen (secondary N) is 1. The van der Waals surface area contributed by atoms with Crippen LogP contribution in [0.5, 0.6) is 11.5 Å². The SMILES string of the molecule is COc1ccc(C(=O)Nc2nc3ccc(S(=O)(=O)N4CCOCC4)cc3s2)c(OC)c1. The van der Waals surface area contributed by atoms with Crippen LogP contribution in [0, 0.1) is 0 Å². The maximum absolute atomic E-state index is 12.9. The van der Waals surface area contributed by atoms with Gasteiger partial charge < -0.3 is 14.2 Å². The molecule has 1 fully saturated rings. The number of thiazole rings is 1. The van der Waals surface area contributed by atoms with Gasteiger partial charge in [0, 0.05) is 19.2 Å². The maximum atomic E-state index is 12.9. The lowest BCUT2D eigenvalue weighted by Gasteiger charge is -2.25. The molecule has 31 heavy (non-hydrogen) atoms. The van der Waals surface area contributed by atoms with Crippen molar-refractivity contribution < 1.29 is 27.4 Å². The fourth-order valence-electron chi connectivity index (χ4n) is 3.21. The van der Waals surface area contributed by atoms with Gasteiger partial charge in [-0.3, -0.25) is 10.1 Å². The molecule has 2 heterocycles. The molecule has 1 aliphatic heterocycles. The van der Waals surface area contributed by atoms with Crippen LogP contribution in [0.3, 0.4) is 0 Å². The molecule has 164 valence electrons. The van der Waals surface area contributed by atoms with E-state index in [9.17, 15) is 13.2 Å². The Morgan fingerprint density at radius 2 is 1.90 bits per heavy atom. The van der Waals surface area contributed by atoms with Crippen molar-refractivity contribution in [2.75, 3.05) is 45.8 Å². The molecule has 1 aromatic heterocycles. The van der Waals surface area contributed by atoms with Crippen molar-refractivity contribution in [3.05, 3.63) is 42.0 Å². The van der Waals surface area contributed by atoms with Crippen LogP contribution in [0.15, 0.2) is 41.3 Å². The molecular weight excluding hydrogens is 442 g/mol. The Balaban J connectivity index is 1.58. The van der Waals surface area contributed by atoms with Crippen LogP contribution in [0.1, 0.15) is 10.4 Å². The van der Waals surface area contributed by atoms with Gasteiger partial charge in [-0.15, -0.1) is 0 Å². The molecular formula is C20H21N3O6S2. The van der Waals surface area contributed by atoms with E-state index in [1.54, 1.807) is 30.3 Å². The number of hydrogen-bond donors (Lipinski definition) is 1. The predicted octanol–water partition coefficient (Wildman–Crippen LogP) is 2.59. The molecule has 0 aliphatic carbocycles. The third-order valence-electron chi connectivity index (χ3n) is 4.84. The third kappa shape index (κ3) is 4.35. The van der Waals surface area contributed by atoms with E-state index in [0.29, 0.717) is 58.7 Å². The highest BCUT2D eigenvalue weighted by molar-refractivity contribution is 7.89. The van der Waals surface area contributed by atoms with Crippen LogP contribution in [-0.4, -0.2) is 64.1 Å². The number of carbonyl (C=O) groups is 1. The van der Waals surface area contributed by atoms with Crippen LogP contribution in [0.2, 0.25) is 0 Å². The highest BCUT2D eigenvalue weighted by atomic mass is 32.2. The van der Waals surface area contributed by atoms with Crippen molar-refractivity contribution in [1.82, 2.24) is 9.29 Å². The van der Waals surface area contributed by atoms with Crippen molar-refractivity contribution in [2.24, 2.45) is 0 Å². The van der Waals surface area contributed by atoms with E-state index in [2.05, 4.69) is 10.3 Å². The van der Waals surface area contributed by atoms with Crippen LogP contribution >= 0.6 is 11.3 Å². The van der Waals surface area contributed by atoms with Crippen LogP contribution < -0.4 is 14.8 Å². The summed E-state index contributed by atoms with van der Waals surface area (Å²) in [7, 11) is -0.607.